The molecule has 0 radical (unpaired) electrons. The third kappa shape index (κ3) is 5.66. The second-order valence-corrected chi connectivity index (χ2v) is 9.85. The van der Waals surface area contributed by atoms with Crippen molar-refractivity contribution < 1.29 is 14.4 Å². The summed E-state index contributed by atoms with van der Waals surface area (Å²) >= 11 is 0. The van der Waals surface area contributed by atoms with Gasteiger partial charge in [0, 0.05) is 26.1 Å². The van der Waals surface area contributed by atoms with Gasteiger partial charge in [0.2, 0.25) is 11.8 Å². The Morgan fingerprint density at radius 1 is 0.865 bits per heavy atom. The molecule has 4 amide bonds. The fraction of sp³-hybridized carbons (Fsp3) is 0.300. The van der Waals surface area contributed by atoms with Crippen LogP contribution in [0, 0.1) is 0 Å². The van der Waals surface area contributed by atoms with Gasteiger partial charge < -0.3 is 20.9 Å². The maximum Gasteiger partial charge on any atom is 0.318 e. The Morgan fingerprint density at radius 3 is 2.19 bits per heavy atom. The molecule has 1 fully saturated rings. The highest BCUT2D eigenvalue weighted by atomic mass is 16.2. The Morgan fingerprint density at radius 2 is 1.49 bits per heavy atom. The normalized spacial score (nSPS) is 16.9. The van der Waals surface area contributed by atoms with E-state index in [-0.39, 0.29) is 17.8 Å². The molecule has 7 heteroatoms. The van der Waals surface area contributed by atoms with Crippen LogP contribution in [0.3, 0.4) is 0 Å². The summed E-state index contributed by atoms with van der Waals surface area (Å²) in [6.45, 7) is 1.38. The third-order valence-corrected chi connectivity index (χ3v) is 7.37. The molecule has 1 saturated heterocycles. The van der Waals surface area contributed by atoms with E-state index in [1.807, 2.05) is 78.9 Å². The fourth-order valence-corrected chi connectivity index (χ4v) is 5.39. The van der Waals surface area contributed by atoms with E-state index in [4.69, 9.17) is 0 Å². The molecule has 2 aliphatic rings. The highest BCUT2D eigenvalue weighted by molar-refractivity contribution is 5.87. The lowest BCUT2D eigenvalue weighted by Crippen LogP contribution is -2.59. The number of piperidine rings is 1. The van der Waals surface area contributed by atoms with Crippen LogP contribution in [-0.2, 0) is 34.5 Å². The molecular formula is C30H32N4O3. The van der Waals surface area contributed by atoms with E-state index < -0.39 is 11.6 Å². The van der Waals surface area contributed by atoms with Crippen molar-refractivity contribution in [1.82, 2.24) is 20.9 Å². The van der Waals surface area contributed by atoms with Gasteiger partial charge in [0.05, 0.1) is 12.0 Å². The molecule has 0 bridgehead atoms. The van der Waals surface area contributed by atoms with Crippen LogP contribution in [0.4, 0.5) is 4.79 Å². The van der Waals surface area contributed by atoms with Crippen LogP contribution in [0.1, 0.15) is 35.1 Å². The number of nitrogens with one attached hydrogen (secondary N) is 3. The molecule has 5 rings (SSSR count). The molecule has 0 unspecified atom stereocenters. The average molecular weight is 497 g/mol. The van der Waals surface area contributed by atoms with Crippen LogP contribution < -0.4 is 16.0 Å². The summed E-state index contributed by atoms with van der Waals surface area (Å²) in [7, 11) is 0. The first kappa shape index (κ1) is 24.6. The van der Waals surface area contributed by atoms with Gasteiger partial charge in [-0.15, -0.1) is 0 Å². The first-order valence-electron chi connectivity index (χ1n) is 12.8. The zero-order chi connectivity index (χ0) is 25.7. The number of hydrogen-bond acceptors (Lipinski definition) is 3. The van der Waals surface area contributed by atoms with Crippen LogP contribution in [0.25, 0.3) is 0 Å². The summed E-state index contributed by atoms with van der Waals surface area (Å²) < 4.78 is 0. The summed E-state index contributed by atoms with van der Waals surface area (Å²) in [6.07, 6.45) is 2.05. The van der Waals surface area contributed by atoms with Crippen molar-refractivity contribution in [2.45, 2.75) is 43.8 Å². The number of likely N-dealkylation sites (tertiary alicyclic amines) is 1. The van der Waals surface area contributed by atoms with Gasteiger partial charge in [-0.2, -0.15) is 0 Å². The quantitative estimate of drug-likeness (QED) is 0.489. The Balaban J connectivity index is 1.25. The fourth-order valence-electron chi connectivity index (χ4n) is 5.39. The Bertz CT molecular complexity index is 1250. The topological polar surface area (TPSA) is 90.5 Å². The first-order valence-corrected chi connectivity index (χ1v) is 12.8. The maximum absolute atomic E-state index is 13.3. The monoisotopic (exact) mass is 496 g/mol. The zero-order valence-electron chi connectivity index (χ0n) is 20.8. The van der Waals surface area contributed by atoms with Gasteiger partial charge in [0.25, 0.3) is 0 Å². The summed E-state index contributed by atoms with van der Waals surface area (Å²) in [5, 5.41) is 9.16. The number of amides is 4. The van der Waals surface area contributed by atoms with Crippen molar-refractivity contribution in [3.63, 3.8) is 0 Å². The van der Waals surface area contributed by atoms with Crippen LogP contribution in [0.5, 0.6) is 0 Å². The van der Waals surface area contributed by atoms with Crippen molar-refractivity contribution in [2.75, 3.05) is 13.1 Å². The smallest absolute Gasteiger partial charge is 0.318 e. The Kier molecular flexibility index (Phi) is 7.21. The molecule has 1 atom stereocenters. The highest BCUT2D eigenvalue weighted by Crippen LogP contribution is 2.37. The number of carbonyl (C=O) groups is 3. The van der Waals surface area contributed by atoms with E-state index in [1.54, 1.807) is 4.90 Å². The third-order valence-electron chi connectivity index (χ3n) is 7.37. The largest absolute Gasteiger partial charge is 0.350 e. The van der Waals surface area contributed by atoms with Crippen molar-refractivity contribution in [3.8, 4) is 0 Å². The van der Waals surface area contributed by atoms with Gasteiger partial charge in [0.1, 0.15) is 6.04 Å². The van der Waals surface area contributed by atoms with Crippen molar-refractivity contribution in [1.29, 1.82) is 0 Å². The molecule has 0 saturated carbocycles. The number of urea groups is 1. The van der Waals surface area contributed by atoms with E-state index in [9.17, 15) is 14.4 Å². The molecular weight excluding hydrogens is 464 g/mol. The number of fused-ring (bicyclic) bond motifs is 2. The average Bonchev–Trinajstić information content (AvgIpc) is 2.93. The number of rotatable bonds is 6. The first-order chi connectivity index (χ1) is 18.0. The Hall–Kier alpha value is -4.13. The van der Waals surface area contributed by atoms with Gasteiger partial charge in [0.15, 0.2) is 0 Å². The minimum atomic E-state index is -0.704. The second-order valence-electron chi connectivity index (χ2n) is 9.85. The molecule has 0 aliphatic carbocycles. The van der Waals surface area contributed by atoms with Gasteiger partial charge in [-0.25, -0.2) is 4.79 Å². The summed E-state index contributed by atoms with van der Waals surface area (Å²) in [6, 6.07) is 26.5. The summed E-state index contributed by atoms with van der Waals surface area (Å²) in [4.78, 5) is 40.6. The molecule has 3 N–H and O–H groups in total. The zero-order valence-corrected chi connectivity index (χ0v) is 20.8. The SMILES string of the molecule is O=C1Cc2ccccc2C2(CCN(C(=O)N[C@@H](Cc3ccccc3)C(=O)NCc3ccccc3)CC2)N1. The van der Waals surface area contributed by atoms with E-state index in [1.165, 1.54) is 0 Å². The number of benzene rings is 3. The predicted octanol–water partition coefficient (Wildman–Crippen LogP) is 3.29. The minimum absolute atomic E-state index is 0.0228. The number of hydrogen-bond donors (Lipinski definition) is 3. The minimum Gasteiger partial charge on any atom is -0.350 e. The van der Waals surface area contributed by atoms with Gasteiger partial charge in [-0.05, 0) is 35.1 Å². The maximum atomic E-state index is 13.3. The van der Waals surface area contributed by atoms with Crippen molar-refractivity contribution in [2.24, 2.45) is 0 Å². The van der Waals surface area contributed by atoms with E-state index in [0.29, 0.717) is 45.3 Å². The van der Waals surface area contributed by atoms with E-state index in [0.717, 1.165) is 22.3 Å². The number of carbonyl (C=O) groups excluding carboxylic acids is 3. The molecule has 3 aromatic rings. The van der Waals surface area contributed by atoms with Crippen molar-refractivity contribution >= 4 is 17.8 Å². The molecule has 2 aliphatic heterocycles. The Labute approximate surface area is 217 Å². The van der Waals surface area contributed by atoms with Gasteiger partial charge in [-0.1, -0.05) is 84.9 Å². The molecule has 190 valence electrons. The van der Waals surface area contributed by atoms with Crippen LogP contribution in [0.15, 0.2) is 84.9 Å². The standard InChI is InChI=1S/C30H32N4O3/c35-27-20-24-13-7-8-14-25(24)30(33-27)15-17-34(18-16-30)29(37)32-26(19-22-9-3-1-4-10-22)28(36)31-21-23-11-5-2-6-12-23/h1-14,26H,15-21H2,(H,31,36)(H,32,37)(H,33,35)/t26-/m0/s1. The van der Waals surface area contributed by atoms with E-state index in [2.05, 4.69) is 22.0 Å². The van der Waals surface area contributed by atoms with Crippen molar-refractivity contribution in [3.05, 3.63) is 107 Å². The molecule has 37 heavy (non-hydrogen) atoms. The van der Waals surface area contributed by atoms with Crippen LogP contribution >= 0.6 is 0 Å². The molecule has 0 aromatic heterocycles. The second kappa shape index (κ2) is 10.9. The van der Waals surface area contributed by atoms with Gasteiger partial charge >= 0.3 is 6.03 Å². The predicted molar refractivity (Wildman–Crippen MR) is 142 cm³/mol. The van der Waals surface area contributed by atoms with E-state index >= 15 is 0 Å². The lowest BCUT2D eigenvalue weighted by molar-refractivity contribution is -0.124. The highest BCUT2D eigenvalue weighted by Gasteiger charge is 2.42. The van der Waals surface area contributed by atoms with Crippen LogP contribution in [0.2, 0.25) is 0 Å². The van der Waals surface area contributed by atoms with Gasteiger partial charge in [-0.3, -0.25) is 9.59 Å². The summed E-state index contributed by atoms with van der Waals surface area (Å²) in [5.41, 5.74) is 3.73. The van der Waals surface area contributed by atoms with Crippen LogP contribution in [-0.4, -0.2) is 41.9 Å². The lowest BCUT2D eigenvalue weighted by atomic mass is 9.75. The molecule has 7 nitrogen and oxygen atoms in total. The molecule has 1 spiro atoms. The lowest BCUT2D eigenvalue weighted by Gasteiger charge is -2.45. The molecule has 3 aromatic carbocycles. The number of nitrogens with zero attached hydrogens (tertiary/aromatic N) is 1. The summed E-state index contributed by atoms with van der Waals surface area (Å²) in [5.74, 6) is -0.197. The molecule has 2 heterocycles.